The molecule has 0 aliphatic rings. The number of hydrogen-bond donors (Lipinski definition) is 6. The molecule has 4 aromatic carbocycles. The van der Waals surface area contributed by atoms with Gasteiger partial charge in [-0.15, -0.1) is 10.2 Å². The molecule has 0 saturated carbocycles. The first kappa shape index (κ1) is 33.8. The number of rotatable bonds is 9. The zero-order valence-corrected chi connectivity index (χ0v) is 26.8. The van der Waals surface area contributed by atoms with Crippen molar-refractivity contribution in [1.29, 1.82) is 0 Å². The number of phenols is 1. The van der Waals surface area contributed by atoms with Gasteiger partial charge in [-0.1, -0.05) is 23.7 Å². The Morgan fingerprint density at radius 1 is 0.681 bits per heavy atom. The van der Waals surface area contributed by atoms with Gasteiger partial charge in [0.05, 0.1) is 10.6 Å². The average molecular weight is 743 g/mol. The third-order valence-corrected chi connectivity index (χ3v) is 9.08. The zero-order chi connectivity index (χ0) is 34.3. The van der Waals surface area contributed by atoms with Crippen LogP contribution in [0, 0.1) is 0 Å². The lowest BCUT2D eigenvalue weighted by Gasteiger charge is -2.15. The van der Waals surface area contributed by atoms with Gasteiger partial charge in [-0.3, -0.25) is 13.7 Å². The standard InChI is InChI=1S/C25H17Cl2N7O10S3/c26-13-5-7-14(8-6-13)28-24-30-23(27)31-25(32-24)29-17-11-15(45(36,37)38)9-12-10-19(47(42,43)44)21(22(35)20(12)17)34-33-16-3-1-2-4-18(16)46(39,40)41/h1-11,35H,(H,36,37,38)(H,39,40,41)(H,42,43,44)(H2,28,29,30,31,32). The summed E-state index contributed by atoms with van der Waals surface area (Å²) in [7, 11) is -15.0. The van der Waals surface area contributed by atoms with E-state index in [0.717, 1.165) is 24.3 Å². The molecular weight excluding hydrogens is 725 g/mol. The number of phenolic OH excluding ortho intramolecular Hbond substituents is 1. The molecule has 6 N–H and O–H groups in total. The molecule has 0 unspecified atom stereocenters. The molecule has 22 heteroatoms. The Balaban J connectivity index is 1.72. The second-order valence-corrected chi connectivity index (χ2v) is 14.2. The minimum absolute atomic E-state index is 0.102. The first-order valence-electron chi connectivity index (χ1n) is 12.4. The van der Waals surface area contributed by atoms with E-state index in [1.807, 2.05) is 0 Å². The van der Waals surface area contributed by atoms with E-state index in [4.69, 9.17) is 23.2 Å². The maximum Gasteiger partial charge on any atom is 0.296 e. The summed E-state index contributed by atoms with van der Waals surface area (Å²) in [5, 5.41) is 23.5. The van der Waals surface area contributed by atoms with Crippen molar-refractivity contribution in [3.63, 3.8) is 0 Å². The number of fused-ring (bicyclic) bond motifs is 1. The number of halogens is 2. The molecule has 0 atom stereocenters. The van der Waals surface area contributed by atoms with Crippen LogP contribution in [0.4, 0.5) is 34.6 Å². The zero-order valence-electron chi connectivity index (χ0n) is 22.8. The molecule has 244 valence electrons. The molecule has 1 aromatic heterocycles. The van der Waals surface area contributed by atoms with Gasteiger partial charge in [0.2, 0.25) is 17.2 Å². The first-order valence-corrected chi connectivity index (χ1v) is 17.5. The number of azo groups is 1. The SMILES string of the molecule is O=S(=O)(O)c1cc(Nc2nc(Cl)nc(Nc3ccc(Cl)cc3)n2)c2c(O)c(N=Nc3ccccc3S(=O)(=O)O)c(S(=O)(=O)O)cc2c1. The highest BCUT2D eigenvalue weighted by molar-refractivity contribution is 7.86. The van der Waals surface area contributed by atoms with Gasteiger partial charge >= 0.3 is 0 Å². The van der Waals surface area contributed by atoms with Crippen LogP contribution >= 0.6 is 23.2 Å². The molecule has 0 aliphatic carbocycles. The lowest BCUT2D eigenvalue weighted by Crippen LogP contribution is -2.06. The monoisotopic (exact) mass is 741 g/mol. The van der Waals surface area contributed by atoms with Crippen LogP contribution in [0.25, 0.3) is 10.8 Å². The van der Waals surface area contributed by atoms with Crippen molar-refractivity contribution in [2.75, 3.05) is 10.6 Å². The van der Waals surface area contributed by atoms with E-state index < -0.39 is 62.2 Å². The molecule has 0 amide bonds. The molecule has 0 aliphatic heterocycles. The van der Waals surface area contributed by atoms with Crippen LogP contribution in [-0.2, 0) is 30.4 Å². The third-order valence-electron chi connectivity index (χ3n) is 6.06. The molecule has 5 rings (SSSR count). The highest BCUT2D eigenvalue weighted by Gasteiger charge is 2.26. The van der Waals surface area contributed by atoms with Crippen molar-refractivity contribution >= 4 is 99.0 Å². The molecule has 0 radical (unpaired) electrons. The summed E-state index contributed by atoms with van der Waals surface area (Å²) in [6.45, 7) is 0. The van der Waals surface area contributed by atoms with Gasteiger partial charge < -0.3 is 15.7 Å². The minimum atomic E-state index is -5.23. The number of benzene rings is 4. The van der Waals surface area contributed by atoms with Crippen molar-refractivity contribution < 1.29 is 44.0 Å². The van der Waals surface area contributed by atoms with E-state index in [1.54, 1.807) is 24.3 Å². The molecule has 0 spiro atoms. The van der Waals surface area contributed by atoms with Gasteiger partial charge in [0.25, 0.3) is 30.4 Å². The van der Waals surface area contributed by atoms with Crippen LogP contribution in [0.15, 0.2) is 91.6 Å². The smallest absolute Gasteiger partial charge is 0.296 e. The van der Waals surface area contributed by atoms with Crippen molar-refractivity contribution in [3.8, 4) is 5.75 Å². The Labute approximate surface area is 275 Å². The number of aromatic hydroxyl groups is 1. The topological polar surface area (TPSA) is 271 Å². The predicted molar refractivity (Wildman–Crippen MR) is 169 cm³/mol. The molecule has 5 aromatic rings. The van der Waals surface area contributed by atoms with Crippen LogP contribution in [0.3, 0.4) is 0 Å². The minimum Gasteiger partial charge on any atom is -0.505 e. The average Bonchev–Trinajstić information content (AvgIpc) is 2.96. The first-order chi connectivity index (χ1) is 21.9. The number of nitrogens with zero attached hydrogens (tertiary/aromatic N) is 5. The second kappa shape index (κ2) is 12.6. The molecular formula is C25H17Cl2N7O10S3. The summed E-state index contributed by atoms with van der Waals surface area (Å²) in [6.07, 6.45) is 0. The number of aromatic nitrogens is 3. The fraction of sp³-hybridized carbons (Fsp3) is 0. The van der Waals surface area contributed by atoms with Crippen LogP contribution < -0.4 is 10.6 Å². The van der Waals surface area contributed by atoms with Crippen molar-refractivity contribution in [1.82, 2.24) is 15.0 Å². The Kier molecular flexibility index (Phi) is 9.05. The van der Waals surface area contributed by atoms with E-state index in [0.29, 0.717) is 16.8 Å². The van der Waals surface area contributed by atoms with E-state index in [9.17, 15) is 44.0 Å². The van der Waals surface area contributed by atoms with Crippen molar-refractivity contribution in [2.24, 2.45) is 10.2 Å². The highest BCUT2D eigenvalue weighted by atomic mass is 35.5. The molecule has 47 heavy (non-hydrogen) atoms. The van der Waals surface area contributed by atoms with Gasteiger partial charge in [-0.25, -0.2) is 0 Å². The van der Waals surface area contributed by atoms with Gasteiger partial charge in [-0.2, -0.15) is 40.2 Å². The Morgan fingerprint density at radius 3 is 1.91 bits per heavy atom. The fourth-order valence-electron chi connectivity index (χ4n) is 4.11. The predicted octanol–water partition coefficient (Wildman–Crippen LogP) is 5.68. The normalized spacial score (nSPS) is 12.4. The van der Waals surface area contributed by atoms with E-state index in [-0.39, 0.29) is 33.6 Å². The van der Waals surface area contributed by atoms with Crippen molar-refractivity contribution in [3.05, 3.63) is 77.0 Å². The molecule has 0 bridgehead atoms. The van der Waals surface area contributed by atoms with Gasteiger partial charge in [0, 0.05) is 16.1 Å². The summed E-state index contributed by atoms with van der Waals surface area (Å²) < 4.78 is 102. The Hall–Kier alpha value is -4.54. The van der Waals surface area contributed by atoms with E-state index >= 15 is 0 Å². The summed E-state index contributed by atoms with van der Waals surface area (Å²) >= 11 is 12.0. The Bertz CT molecular complexity index is 2430. The van der Waals surface area contributed by atoms with Crippen LogP contribution in [0.1, 0.15) is 0 Å². The Morgan fingerprint density at radius 2 is 1.30 bits per heavy atom. The molecule has 17 nitrogen and oxygen atoms in total. The van der Waals surface area contributed by atoms with Gasteiger partial charge in [0.15, 0.2) is 5.75 Å². The lowest BCUT2D eigenvalue weighted by atomic mass is 10.1. The number of anilines is 4. The fourth-order valence-corrected chi connectivity index (χ4v) is 6.22. The quantitative estimate of drug-likeness (QED) is 0.0783. The van der Waals surface area contributed by atoms with Crippen molar-refractivity contribution in [2.45, 2.75) is 14.7 Å². The van der Waals surface area contributed by atoms with Gasteiger partial charge in [0.1, 0.15) is 21.2 Å². The summed E-state index contributed by atoms with van der Waals surface area (Å²) in [5.74, 6) is -1.46. The molecule has 1 heterocycles. The summed E-state index contributed by atoms with van der Waals surface area (Å²) in [4.78, 5) is 9.43. The van der Waals surface area contributed by atoms with Crippen LogP contribution in [0.2, 0.25) is 10.3 Å². The van der Waals surface area contributed by atoms with Crippen LogP contribution in [0.5, 0.6) is 5.75 Å². The maximum atomic E-state index is 12.4. The third kappa shape index (κ3) is 7.72. The van der Waals surface area contributed by atoms with E-state index in [2.05, 4.69) is 35.8 Å². The van der Waals surface area contributed by atoms with Gasteiger partial charge in [-0.05, 0) is 71.6 Å². The maximum absolute atomic E-state index is 12.4. The van der Waals surface area contributed by atoms with E-state index in [1.165, 1.54) is 12.1 Å². The largest absolute Gasteiger partial charge is 0.505 e. The number of nitrogens with one attached hydrogen (secondary N) is 2. The second-order valence-electron chi connectivity index (χ2n) is 9.24. The lowest BCUT2D eigenvalue weighted by molar-refractivity contribution is 0.472. The summed E-state index contributed by atoms with van der Waals surface area (Å²) in [6, 6.07) is 13.4. The number of hydrogen-bond acceptors (Lipinski definition) is 14. The summed E-state index contributed by atoms with van der Waals surface area (Å²) in [5.41, 5.74) is -1.27. The molecule has 0 fully saturated rings. The highest BCUT2D eigenvalue weighted by Crippen LogP contribution is 2.46. The molecule has 0 saturated heterocycles. The van der Waals surface area contributed by atoms with Crippen LogP contribution in [-0.4, -0.2) is 59.0 Å².